The molecule has 3 nitrogen and oxygen atoms in total. The maximum Gasteiger partial charge on any atom is 0.257 e. The highest BCUT2D eigenvalue weighted by atomic mass is 35.5. The van der Waals surface area contributed by atoms with Gasteiger partial charge in [0, 0.05) is 17.3 Å². The van der Waals surface area contributed by atoms with E-state index in [-0.39, 0.29) is 12.5 Å². The van der Waals surface area contributed by atoms with Gasteiger partial charge >= 0.3 is 0 Å². The van der Waals surface area contributed by atoms with E-state index in [0.717, 1.165) is 5.75 Å². The predicted octanol–water partition coefficient (Wildman–Crippen LogP) is 2.85. The number of rotatable bonds is 6. The average molecular weight is 294 g/mol. The van der Waals surface area contributed by atoms with Crippen LogP contribution in [0.2, 0.25) is 10.0 Å². The Bertz CT molecular complexity index is 388. The van der Waals surface area contributed by atoms with Crippen LogP contribution in [-0.2, 0) is 4.79 Å². The molecule has 0 aliphatic rings. The van der Waals surface area contributed by atoms with E-state index in [4.69, 9.17) is 27.9 Å². The maximum atomic E-state index is 11.4. The van der Waals surface area contributed by atoms with Crippen molar-refractivity contribution in [2.45, 2.75) is 0 Å². The van der Waals surface area contributed by atoms with Crippen LogP contribution >= 0.6 is 35.0 Å². The van der Waals surface area contributed by atoms with E-state index in [1.165, 1.54) is 0 Å². The lowest BCUT2D eigenvalue weighted by atomic mass is 10.3. The number of hydrogen-bond acceptors (Lipinski definition) is 3. The lowest BCUT2D eigenvalue weighted by molar-refractivity contribution is -0.122. The molecule has 0 unspecified atom stereocenters. The molecule has 0 fully saturated rings. The van der Waals surface area contributed by atoms with Gasteiger partial charge in [0.1, 0.15) is 5.75 Å². The van der Waals surface area contributed by atoms with E-state index < -0.39 is 0 Å². The molecule has 1 amide bonds. The molecule has 1 aromatic rings. The molecule has 17 heavy (non-hydrogen) atoms. The molecule has 94 valence electrons. The van der Waals surface area contributed by atoms with Gasteiger partial charge in [-0.3, -0.25) is 4.79 Å². The number of benzene rings is 1. The Balaban J connectivity index is 2.37. The molecule has 0 radical (unpaired) electrons. The standard InChI is InChI=1S/C11H13Cl2NO2S/c1-17-5-4-14-11(15)7-16-10-3-2-8(12)6-9(10)13/h2-3,6H,4-5,7H2,1H3,(H,14,15). The normalized spacial score (nSPS) is 10.1. The highest BCUT2D eigenvalue weighted by molar-refractivity contribution is 7.98. The van der Waals surface area contributed by atoms with Gasteiger partial charge in [-0.05, 0) is 24.5 Å². The summed E-state index contributed by atoms with van der Waals surface area (Å²) in [5, 5.41) is 3.66. The Morgan fingerprint density at radius 3 is 2.88 bits per heavy atom. The van der Waals surface area contributed by atoms with Crippen molar-refractivity contribution >= 4 is 40.9 Å². The van der Waals surface area contributed by atoms with Gasteiger partial charge in [0.2, 0.25) is 0 Å². The number of nitrogens with one attached hydrogen (secondary N) is 1. The molecule has 0 bridgehead atoms. The second-order valence-electron chi connectivity index (χ2n) is 3.21. The van der Waals surface area contributed by atoms with Crippen LogP contribution in [0.15, 0.2) is 18.2 Å². The van der Waals surface area contributed by atoms with Crippen molar-refractivity contribution in [3.05, 3.63) is 28.2 Å². The third kappa shape index (κ3) is 5.52. The number of ether oxygens (including phenoxy) is 1. The maximum absolute atomic E-state index is 11.4. The first-order chi connectivity index (χ1) is 8.13. The minimum absolute atomic E-state index is 0.0459. The van der Waals surface area contributed by atoms with E-state index in [1.807, 2.05) is 6.26 Å². The van der Waals surface area contributed by atoms with E-state index in [9.17, 15) is 4.79 Å². The molecule has 6 heteroatoms. The Hall–Kier alpha value is -0.580. The van der Waals surface area contributed by atoms with Gasteiger partial charge in [-0.2, -0.15) is 11.8 Å². The van der Waals surface area contributed by atoms with Crippen molar-refractivity contribution in [2.24, 2.45) is 0 Å². The smallest absolute Gasteiger partial charge is 0.257 e. The fourth-order valence-corrected chi connectivity index (χ4v) is 1.85. The molecule has 0 saturated heterocycles. The molecular weight excluding hydrogens is 281 g/mol. The molecule has 0 heterocycles. The summed E-state index contributed by atoms with van der Waals surface area (Å²) in [5.74, 6) is 1.18. The number of halogens is 2. The van der Waals surface area contributed by atoms with Gasteiger partial charge in [0.25, 0.3) is 5.91 Å². The summed E-state index contributed by atoms with van der Waals surface area (Å²) in [5.41, 5.74) is 0. The minimum atomic E-state index is -0.162. The Morgan fingerprint density at radius 2 is 2.24 bits per heavy atom. The molecule has 1 N–H and O–H groups in total. The highest BCUT2D eigenvalue weighted by Crippen LogP contribution is 2.27. The van der Waals surface area contributed by atoms with Gasteiger partial charge < -0.3 is 10.1 Å². The van der Waals surface area contributed by atoms with Crippen LogP contribution < -0.4 is 10.1 Å². The number of carbonyl (C=O) groups is 1. The summed E-state index contributed by atoms with van der Waals surface area (Å²) in [4.78, 5) is 11.4. The molecule has 1 rings (SSSR count). The summed E-state index contributed by atoms with van der Waals surface area (Å²) in [6.07, 6.45) is 1.98. The first-order valence-corrected chi connectivity index (χ1v) is 7.12. The van der Waals surface area contributed by atoms with Gasteiger partial charge in [-0.15, -0.1) is 0 Å². The van der Waals surface area contributed by atoms with Crippen molar-refractivity contribution < 1.29 is 9.53 Å². The largest absolute Gasteiger partial charge is 0.482 e. The van der Waals surface area contributed by atoms with Crippen LogP contribution in [0.5, 0.6) is 5.75 Å². The van der Waals surface area contributed by atoms with Gasteiger partial charge in [-0.1, -0.05) is 23.2 Å². The third-order valence-corrected chi connectivity index (χ3v) is 3.02. The Labute approximate surface area is 115 Å². The molecule has 1 aromatic carbocycles. The monoisotopic (exact) mass is 293 g/mol. The minimum Gasteiger partial charge on any atom is -0.482 e. The van der Waals surface area contributed by atoms with Crippen LogP contribution in [-0.4, -0.2) is 31.1 Å². The van der Waals surface area contributed by atoms with Crippen LogP contribution in [0.3, 0.4) is 0 Å². The van der Waals surface area contributed by atoms with Crippen molar-refractivity contribution in [3.63, 3.8) is 0 Å². The molecule has 0 spiro atoms. The van der Waals surface area contributed by atoms with Crippen molar-refractivity contribution in [1.82, 2.24) is 5.32 Å². The third-order valence-electron chi connectivity index (χ3n) is 1.88. The second kappa shape index (κ2) is 7.69. The van der Waals surface area contributed by atoms with E-state index in [0.29, 0.717) is 22.3 Å². The fraction of sp³-hybridized carbons (Fsp3) is 0.364. The molecule has 0 saturated carbocycles. The van der Waals surface area contributed by atoms with Crippen molar-refractivity contribution in [3.8, 4) is 5.75 Å². The summed E-state index contributed by atoms with van der Waals surface area (Å²) in [6, 6.07) is 4.87. The summed E-state index contributed by atoms with van der Waals surface area (Å²) < 4.78 is 5.27. The molecule has 0 aromatic heterocycles. The number of thioether (sulfide) groups is 1. The van der Waals surface area contributed by atoms with Crippen LogP contribution in [0.25, 0.3) is 0 Å². The van der Waals surface area contributed by atoms with E-state index >= 15 is 0 Å². The van der Waals surface area contributed by atoms with Gasteiger partial charge in [0.15, 0.2) is 6.61 Å². The first kappa shape index (κ1) is 14.5. The van der Waals surface area contributed by atoms with Crippen molar-refractivity contribution in [2.75, 3.05) is 25.2 Å². The molecular formula is C11H13Cl2NO2S. The molecule has 0 aliphatic carbocycles. The number of hydrogen-bond donors (Lipinski definition) is 1. The highest BCUT2D eigenvalue weighted by Gasteiger charge is 2.05. The van der Waals surface area contributed by atoms with Crippen molar-refractivity contribution in [1.29, 1.82) is 0 Å². The molecule has 0 atom stereocenters. The van der Waals surface area contributed by atoms with Crippen LogP contribution in [0, 0.1) is 0 Å². The summed E-state index contributed by atoms with van der Waals surface area (Å²) in [6.45, 7) is 0.591. The van der Waals surface area contributed by atoms with Crippen LogP contribution in [0.1, 0.15) is 0 Å². The Morgan fingerprint density at radius 1 is 1.47 bits per heavy atom. The summed E-state index contributed by atoms with van der Waals surface area (Å²) >= 11 is 13.3. The number of carbonyl (C=O) groups excluding carboxylic acids is 1. The first-order valence-electron chi connectivity index (χ1n) is 4.97. The SMILES string of the molecule is CSCCNC(=O)COc1ccc(Cl)cc1Cl. The summed E-state index contributed by atoms with van der Waals surface area (Å²) in [7, 11) is 0. The topological polar surface area (TPSA) is 38.3 Å². The average Bonchev–Trinajstić information content (AvgIpc) is 2.28. The van der Waals surface area contributed by atoms with E-state index in [2.05, 4.69) is 5.32 Å². The number of amides is 1. The lowest BCUT2D eigenvalue weighted by Gasteiger charge is -2.08. The fourth-order valence-electron chi connectivity index (χ4n) is 1.08. The quantitative estimate of drug-likeness (QED) is 0.820. The van der Waals surface area contributed by atoms with Crippen LogP contribution in [0.4, 0.5) is 0 Å². The Kier molecular flexibility index (Phi) is 6.55. The second-order valence-corrected chi connectivity index (χ2v) is 5.04. The van der Waals surface area contributed by atoms with E-state index in [1.54, 1.807) is 30.0 Å². The zero-order valence-electron chi connectivity index (χ0n) is 9.33. The van der Waals surface area contributed by atoms with Gasteiger partial charge in [0.05, 0.1) is 5.02 Å². The zero-order valence-corrected chi connectivity index (χ0v) is 11.7. The van der Waals surface area contributed by atoms with Gasteiger partial charge in [-0.25, -0.2) is 0 Å². The molecule has 0 aliphatic heterocycles. The lowest BCUT2D eigenvalue weighted by Crippen LogP contribution is -2.30. The predicted molar refractivity (Wildman–Crippen MR) is 73.3 cm³/mol. The zero-order chi connectivity index (χ0) is 12.7.